The second-order valence-corrected chi connectivity index (χ2v) is 10.5. The summed E-state index contributed by atoms with van der Waals surface area (Å²) in [6.07, 6.45) is 1.67. The lowest BCUT2D eigenvalue weighted by Crippen LogP contribution is -2.58. The van der Waals surface area contributed by atoms with Crippen LogP contribution in [0.25, 0.3) is 21.8 Å². The first-order valence-corrected chi connectivity index (χ1v) is 13.9. The normalized spacial score (nSPS) is 13.8. The van der Waals surface area contributed by atoms with Crippen molar-refractivity contribution < 1.29 is 39.0 Å². The van der Waals surface area contributed by atoms with Crippen LogP contribution in [-0.4, -0.2) is 79.9 Å². The highest BCUT2D eigenvalue weighted by atomic mass is 16.4. The molecule has 2 heterocycles. The lowest BCUT2D eigenvalue weighted by atomic mass is 10.0. The van der Waals surface area contributed by atoms with Gasteiger partial charge in [0.25, 0.3) is 0 Å². The number of hydrogen-bond acceptors (Lipinski definition) is 7. The maximum atomic E-state index is 13.7. The molecule has 0 radical (unpaired) electrons. The first-order valence-electron chi connectivity index (χ1n) is 13.9. The highest BCUT2D eigenvalue weighted by Gasteiger charge is 2.32. The molecule has 0 spiro atoms. The van der Waals surface area contributed by atoms with E-state index in [0.29, 0.717) is 11.1 Å². The molecule has 0 aliphatic rings. The third-order valence-corrected chi connectivity index (χ3v) is 7.22. The zero-order valence-electron chi connectivity index (χ0n) is 23.9. The van der Waals surface area contributed by atoms with Gasteiger partial charge >= 0.3 is 11.9 Å². The van der Waals surface area contributed by atoms with Gasteiger partial charge in [-0.1, -0.05) is 36.4 Å². The number of carbonyl (C=O) groups is 6. The minimum absolute atomic E-state index is 0.0751. The molecule has 4 atom stereocenters. The molecule has 11 N–H and O–H groups in total. The van der Waals surface area contributed by atoms with E-state index >= 15 is 0 Å². The van der Waals surface area contributed by atoms with Gasteiger partial charge in [-0.25, -0.2) is 4.79 Å². The van der Waals surface area contributed by atoms with Crippen LogP contribution in [0, 0.1) is 0 Å². The van der Waals surface area contributed by atoms with E-state index in [0.717, 1.165) is 21.8 Å². The van der Waals surface area contributed by atoms with E-state index in [1.807, 2.05) is 24.3 Å². The molecule has 4 aromatic rings. The molecule has 0 fully saturated rings. The Morgan fingerprint density at radius 2 is 1.13 bits per heavy atom. The number of nitrogens with one attached hydrogen (secondary N) is 5. The molecule has 0 saturated carbocycles. The SMILES string of the molecule is NC(=O)CC(N)C(=O)NC(CC(=O)O)C(=O)NC(Cc1c[nH]c2ccccc12)C(=O)NC(Cc1c[nH]c2ccccc12)C(=O)O. The largest absolute Gasteiger partial charge is 0.481 e. The van der Waals surface area contributed by atoms with E-state index in [1.54, 1.807) is 36.7 Å². The Bertz CT molecular complexity index is 1750. The van der Waals surface area contributed by atoms with Crippen molar-refractivity contribution in [3.05, 3.63) is 72.1 Å². The highest BCUT2D eigenvalue weighted by molar-refractivity contribution is 5.97. The number of aromatic nitrogens is 2. The summed E-state index contributed by atoms with van der Waals surface area (Å²) in [6.45, 7) is 0. The summed E-state index contributed by atoms with van der Waals surface area (Å²) in [4.78, 5) is 80.6. The van der Waals surface area contributed by atoms with Crippen LogP contribution < -0.4 is 27.4 Å². The van der Waals surface area contributed by atoms with Gasteiger partial charge in [-0.3, -0.25) is 24.0 Å². The van der Waals surface area contributed by atoms with Gasteiger partial charge in [0, 0.05) is 47.0 Å². The number of amides is 4. The predicted octanol–water partition coefficient (Wildman–Crippen LogP) is -0.349. The van der Waals surface area contributed by atoms with Gasteiger partial charge in [0.15, 0.2) is 0 Å². The standard InChI is InChI=1S/C30H33N7O8/c31-19(11-25(32)38)27(41)35-23(12-26(39)40)29(43)36-22(9-15-13-33-20-7-3-1-5-17(15)20)28(42)37-24(30(44)45)10-16-14-34-21-8-4-2-6-18(16)21/h1-8,13-14,19,22-24,33-34H,9-12,31H2,(H2,32,38)(H,35,41)(H,36,43)(H,37,42)(H,39,40)(H,44,45). The molecular formula is C30H33N7O8. The number of carbonyl (C=O) groups excluding carboxylic acids is 4. The molecule has 45 heavy (non-hydrogen) atoms. The minimum Gasteiger partial charge on any atom is -0.481 e. The Balaban J connectivity index is 1.59. The van der Waals surface area contributed by atoms with Crippen LogP contribution in [-0.2, 0) is 41.6 Å². The molecular weight excluding hydrogens is 586 g/mol. The van der Waals surface area contributed by atoms with Crippen molar-refractivity contribution in [2.75, 3.05) is 0 Å². The van der Waals surface area contributed by atoms with Crippen LogP contribution >= 0.6 is 0 Å². The van der Waals surface area contributed by atoms with Crippen molar-refractivity contribution in [3.8, 4) is 0 Å². The van der Waals surface area contributed by atoms with Gasteiger partial charge in [-0.15, -0.1) is 0 Å². The number of nitrogens with two attached hydrogens (primary N) is 2. The zero-order chi connectivity index (χ0) is 32.7. The Labute approximate surface area is 255 Å². The monoisotopic (exact) mass is 619 g/mol. The van der Waals surface area contributed by atoms with E-state index in [2.05, 4.69) is 25.9 Å². The van der Waals surface area contributed by atoms with Crippen molar-refractivity contribution in [3.63, 3.8) is 0 Å². The topological polar surface area (TPSA) is 263 Å². The summed E-state index contributed by atoms with van der Waals surface area (Å²) in [5.41, 5.74) is 13.5. The molecule has 4 amide bonds. The lowest BCUT2D eigenvalue weighted by Gasteiger charge is -2.24. The fraction of sp³-hybridized carbons (Fsp3) is 0.267. The van der Waals surface area contributed by atoms with E-state index in [-0.39, 0.29) is 12.8 Å². The summed E-state index contributed by atoms with van der Waals surface area (Å²) < 4.78 is 0. The average Bonchev–Trinajstić information content (AvgIpc) is 3.59. The fourth-order valence-corrected chi connectivity index (χ4v) is 4.97. The Hall–Kier alpha value is -5.70. The van der Waals surface area contributed by atoms with Crippen LogP contribution in [0.15, 0.2) is 60.9 Å². The molecule has 4 rings (SSSR count). The summed E-state index contributed by atoms with van der Waals surface area (Å²) in [6, 6.07) is 8.53. The molecule has 4 unspecified atom stereocenters. The number of fused-ring (bicyclic) bond motifs is 2. The number of aromatic amines is 2. The van der Waals surface area contributed by atoms with E-state index in [4.69, 9.17) is 11.5 Å². The number of carboxylic acids is 2. The highest BCUT2D eigenvalue weighted by Crippen LogP contribution is 2.21. The number of para-hydroxylation sites is 2. The van der Waals surface area contributed by atoms with Crippen LogP contribution in [0.4, 0.5) is 0 Å². The lowest BCUT2D eigenvalue weighted by molar-refractivity contribution is -0.143. The third kappa shape index (κ3) is 8.23. The van der Waals surface area contributed by atoms with Gasteiger partial charge in [0.2, 0.25) is 23.6 Å². The molecule has 15 nitrogen and oxygen atoms in total. The molecule has 2 aromatic carbocycles. The van der Waals surface area contributed by atoms with Gasteiger partial charge in [0.05, 0.1) is 18.9 Å². The fourth-order valence-electron chi connectivity index (χ4n) is 4.97. The molecule has 0 saturated heterocycles. The number of rotatable bonds is 15. The van der Waals surface area contributed by atoms with Crippen LogP contribution in [0.2, 0.25) is 0 Å². The summed E-state index contributed by atoms with van der Waals surface area (Å²) in [7, 11) is 0. The number of hydrogen-bond donors (Lipinski definition) is 9. The maximum Gasteiger partial charge on any atom is 0.326 e. The predicted molar refractivity (Wildman–Crippen MR) is 161 cm³/mol. The Morgan fingerprint density at radius 1 is 0.667 bits per heavy atom. The minimum atomic E-state index is -1.69. The first kappa shape index (κ1) is 32.2. The third-order valence-electron chi connectivity index (χ3n) is 7.22. The molecule has 0 aliphatic heterocycles. The number of H-pyrrole nitrogens is 2. The molecule has 2 aromatic heterocycles. The summed E-state index contributed by atoms with van der Waals surface area (Å²) >= 11 is 0. The number of primary amides is 1. The van der Waals surface area contributed by atoms with Crippen molar-refractivity contribution in [1.29, 1.82) is 0 Å². The summed E-state index contributed by atoms with van der Waals surface area (Å²) in [5.74, 6) is -6.54. The van der Waals surface area contributed by atoms with E-state index < -0.39 is 72.6 Å². The Morgan fingerprint density at radius 3 is 1.64 bits per heavy atom. The molecule has 15 heteroatoms. The van der Waals surface area contributed by atoms with Crippen molar-refractivity contribution in [2.45, 2.75) is 49.9 Å². The van der Waals surface area contributed by atoms with Crippen molar-refractivity contribution in [2.24, 2.45) is 11.5 Å². The van der Waals surface area contributed by atoms with Gasteiger partial charge in [-0.2, -0.15) is 0 Å². The number of benzene rings is 2. The molecule has 0 aliphatic carbocycles. The number of aliphatic carboxylic acids is 2. The maximum absolute atomic E-state index is 13.7. The van der Waals surface area contributed by atoms with Gasteiger partial charge in [-0.05, 0) is 23.3 Å². The average molecular weight is 620 g/mol. The zero-order valence-corrected chi connectivity index (χ0v) is 23.9. The second kappa shape index (κ2) is 14.2. The van der Waals surface area contributed by atoms with E-state index in [9.17, 15) is 39.0 Å². The van der Waals surface area contributed by atoms with Gasteiger partial charge < -0.3 is 47.6 Å². The molecule has 236 valence electrons. The van der Waals surface area contributed by atoms with Crippen LogP contribution in [0.5, 0.6) is 0 Å². The second-order valence-electron chi connectivity index (χ2n) is 10.5. The molecule has 0 bridgehead atoms. The van der Waals surface area contributed by atoms with Gasteiger partial charge in [0.1, 0.15) is 18.1 Å². The van der Waals surface area contributed by atoms with Crippen molar-refractivity contribution >= 4 is 57.4 Å². The quantitative estimate of drug-likeness (QED) is 0.0841. The Kier molecular flexibility index (Phi) is 10.2. The smallest absolute Gasteiger partial charge is 0.326 e. The number of carboxylic acid groups (broad SMARTS) is 2. The van der Waals surface area contributed by atoms with E-state index in [1.165, 1.54) is 0 Å². The van der Waals surface area contributed by atoms with Crippen LogP contribution in [0.1, 0.15) is 24.0 Å². The van der Waals surface area contributed by atoms with Crippen LogP contribution in [0.3, 0.4) is 0 Å². The first-order chi connectivity index (χ1) is 21.4. The summed E-state index contributed by atoms with van der Waals surface area (Å²) in [5, 5.41) is 28.0. The van der Waals surface area contributed by atoms with Crippen molar-refractivity contribution in [1.82, 2.24) is 25.9 Å².